The number of rotatable bonds is 2. The molecule has 0 rings (SSSR count). The Morgan fingerprint density at radius 3 is 2.43 bits per heavy atom. The number of halogens is 2. The summed E-state index contributed by atoms with van der Waals surface area (Å²) in [5.74, 6) is -2.20. The Kier molecular flexibility index (Phi) is 5.68. The molecule has 0 fully saturated rings. The molecule has 0 heterocycles. The summed E-state index contributed by atoms with van der Waals surface area (Å²) in [5.41, 5.74) is -0.397. The van der Waals surface area contributed by atoms with Gasteiger partial charge in [-0.05, 0) is 6.92 Å². The number of esters is 1. The van der Waals surface area contributed by atoms with Crippen LogP contribution < -0.4 is 5.32 Å². The first-order chi connectivity index (χ1) is 6.52. The molecule has 0 aliphatic rings. The van der Waals surface area contributed by atoms with E-state index >= 15 is 0 Å². The van der Waals surface area contributed by atoms with E-state index in [1.807, 2.05) is 5.32 Å². The second-order valence-corrected chi connectivity index (χ2v) is 2.87. The van der Waals surface area contributed by atoms with Crippen LogP contribution in [0.2, 0.25) is 0 Å². The van der Waals surface area contributed by atoms with Crippen LogP contribution in [0.3, 0.4) is 0 Å². The topological polar surface area (TPSA) is 79.2 Å². The average molecular weight is 237 g/mol. The Morgan fingerprint density at radius 2 is 2.07 bits per heavy atom. The van der Waals surface area contributed by atoms with E-state index in [1.54, 1.807) is 6.92 Å². The van der Waals surface area contributed by atoms with Crippen molar-refractivity contribution in [3.8, 4) is 6.07 Å². The van der Waals surface area contributed by atoms with Crippen molar-refractivity contribution in [1.29, 1.82) is 5.26 Å². The fourth-order valence-corrected chi connectivity index (χ4v) is 0.658. The van der Waals surface area contributed by atoms with Crippen LogP contribution in [0.25, 0.3) is 0 Å². The quantitative estimate of drug-likeness (QED) is 0.438. The van der Waals surface area contributed by atoms with Gasteiger partial charge in [0.15, 0.2) is 5.70 Å². The van der Waals surface area contributed by atoms with Gasteiger partial charge in [-0.3, -0.25) is 4.79 Å². The van der Waals surface area contributed by atoms with Crippen molar-refractivity contribution in [2.45, 2.75) is 6.92 Å². The molecule has 14 heavy (non-hydrogen) atoms. The summed E-state index contributed by atoms with van der Waals surface area (Å²) in [6.45, 7) is 1.60. The van der Waals surface area contributed by atoms with E-state index in [1.165, 1.54) is 6.07 Å². The van der Waals surface area contributed by atoms with Crippen LogP contribution in [0.5, 0.6) is 0 Å². The van der Waals surface area contributed by atoms with Gasteiger partial charge >= 0.3 is 11.9 Å². The van der Waals surface area contributed by atoms with Crippen molar-refractivity contribution in [2.24, 2.45) is 0 Å². The molecular weight excluding hydrogens is 231 g/mol. The fourth-order valence-electron chi connectivity index (χ4n) is 0.479. The first kappa shape index (κ1) is 12.8. The van der Waals surface area contributed by atoms with Crippen LogP contribution in [0.15, 0.2) is 10.2 Å². The molecule has 0 bridgehead atoms. The van der Waals surface area contributed by atoms with Crippen LogP contribution in [-0.2, 0) is 14.3 Å². The van der Waals surface area contributed by atoms with Gasteiger partial charge in [-0.25, -0.2) is 4.79 Å². The molecule has 0 aromatic carbocycles. The monoisotopic (exact) mass is 236 g/mol. The van der Waals surface area contributed by atoms with Crippen LogP contribution in [0.1, 0.15) is 6.92 Å². The molecule has 0 aromatic heterocycles. The van der Waals surface area contributed by atoms with E-state index in [4.69, 9.17) is 28.5 Å². The van der Waals surface area contributed by atoms with Crippen molar-refractivity contribution in [2.75, 3.05) is 6.61 Å². The molecule has 0 atom stereocenters. The first-order valence-corrected chi connectivity index (χ1v) is 4.22. The molecule has 0 aromatic rings. The molecule has 1 N–H and O–H groups in total. The Bertz CT molecular complexity index is 315. The lowest BCUT2D eigenvalue weighted by Crippen LogP contribution is -2.31. The second kappa shape index (κ2) is 6.24. The van der Waals surface area contributed by atoms with Gasteiger partial charge in [0.2, 0.25) is 0 Å². The van der Waals surface area contributed by atoms with Crippen LogP contribution in [0.4, 0.5) is 0 Å². The SMILES string of the molecule is CCOC(=O)C(=O)NC(C#N)=C(Cl)Cl. The summed E-state index contributed by atoms with van der Waals surface area (Å²) >= 11 is 10.5. The molecule has 0 unspecified atom stereocenters. The van der Waals surface area contributed by atoms with Crippen molar-refractivity contribution >= 4 is 35.1 Å². The van der Waals surface area contributed by atoms with Gasteiger partial charge in [-0.15, -0.1) is 0 Å². The number of nitrogens with one attached hydrogen (secondary N) is 1. The predicted molar refractivity (Wildman–Crippen MR) is 49.1 cm³/mol. The van der Waals surface area contributed by atoms with Crippen LogP contribution >= 0.6 is 23.2 Å². The number of hydrogen-bond acceptors (Lipinski definition) is 4. The number of allylic oxidation sites excluding steroid dienone is 1. The lowest BCUT2D eigenvalue weighted by Gasteiger charge is -2.02. The minimum atomic E-state index is -1.10. The number of nitrogens with zero attached hydrogens (tertiary/aromatic N) is 1. The summed E-state index contributed by atoms with van der Waals surface area (Å²) in [4.78, 5) is 21.7. The third-order valence-corrected chi connectivity index (χ3v) is 1.38. The lowest BCUT2D eigenvalue weighted by molar-refractivity contribution is -0.154. The van der Waals surface area contributed by atoms with E-state index in [2.05, 4.69) is 4.74 Å². The summed E-state index contributed by atoms with van der Waals surface area (Å²) in [6, 6.07) is 1.51. The van der Waals surface area contributed by atoms with Crippen LogP contribution in [0, 0.1) is 11.3 Å². The Hall–Kier alpha value is -1.25. The fraction of sp³-hybridized carbons (Fsp3) is 0.286. The summed E-state index contributed by atoms with van der Waals surface area (Å²) in [6.07, 6.45) is 0. The number of hydrogen-bond donors (Lipinski definition) is 1. The molecule has 0 radical (unpaired) electrons. The number of carbonyl (C=O) groups excluding carboxylic acids is 2. The highest BCUT2D eigenvalue weighted by molar-refractivity contribution is 6.56. The van der Waals surface area contributed by atoms with E-state index in [0.29, 0.717) is 0 Å². The number of carbonyl (C=O) groups is 2. The van der Waals surface area contributed by atoms with E-state index in [9.17, 15) is 9.59 Å². The van der Waals surface area contributed by atoms with Crippen molar-refractivity contribution in [3.05, 3.63) is 10.2 Å². The molecule has 7 heteroatoms. The van der Waals surface area contributed by atoms with Crippen LogP contribution in [-0.4, -0.2) is 18.5 Å². The van der Waals surface area contributed by atoms with Crippen molar-refractivity contribution in [1.82, 2.24) is 5.32 Å². The van der Waals surface area contributed by atoms with E-state index in [-0.39, 0.29) is 6.61 Å². The third-order valence-electron chi connectivity index (χ3n) is 1.00. The smallest absolute Gasteiger partial charge is 0.397 e. The number of nitriles is 1. The minimum Gasteiger partial charge on any atom is -0.459 e. The highest BCUT2D eigenvalue weighted by Crippen LogP contribution is 2.10. The van der Waals surface area contributed by atoms with Crippen molar-refractivity contribution in [3.63, 3.8) is 0 Å². The van der Waals surface area contributed by atoms with E-state index in [0.717, 1.165) is 0 Å². The molecule has 0 aliphatic carbocycles. The summed E-state index contributed by atoms with van der Waals surface area (Å²) < 4.78 is 3.93. The predicted octanol–water partition coefficient (Wildman–Crippen LogP) is 0.836. The molecule has 5 nitrogen and oxygen atoms in total. The second-order valence-electron chi connectivity index (χ2n) is 1.92. The maximum atomic E-state index is 10.9. The lowest BCUT2D eigenvalue weighted by atomic mass is 10.5. The summed E-state index contributed by atoms with van der Waals surface area (Å²) in [7, 11) is 0. The Labute approximate surface area is 90.2 Å². The zero-order valence-electron chi connectivity index (χ0n) is 7.13. The first-order valence-electron chi connectivity index (χ1n) is 3.46. The van der Waals surface area contributed by atoms with Crippen molar-refractivity contribution < 1.29 is 14.3 Å². The average Bonchev–Trinajstić information content (AvgIpc) is 2.13. The maximum Gasteiger partial charge on any atom is 0.397 e. The van der Waals surface area contributed by atoms with Gasteiger partial charge in [-0.2, -0.15) is 5.26 Å². The van der Waals surface area contributed by atoms with Gasteiger partial charge in [0, 0.05) is 0 Å². The molecule has 0 spiro atoms. The Morgan fingerprint density at radius 1 is 1.50 bits per heavy atom. The highest BCUT2D eigenvalue weighted by atomic mass is 35.5. The zero-order chi connectivity index (χ0) is 11.1. The maximum absolute atomic E-state index is 10.9. The molecular formula is C7H6Cl2N2O3. The highest BCUT2D eigenvalue weighted by Gasteiger charge is 2.17. The van der Waals surface area contributed by atoms with Gasteiger partial charge < -0.3 is 10.1 Å². The molecule has 1 amide bonds. The van der Waals surface area contributed by atoms with Gasteiger partial charge in [0.05, 0.1) is 6.61 Å². The standard InChI is InChI=1S/C7H6Cl2N2O3/c1-2-14-7(13)6(12)11-4(3-10)5(8)9/h2H2,1H3,(H,11,12). The largest absolute Gasteiger partial charge is 0.459 e. The number of ether oxygens (including phenoxy) is 1. The normalized spacial score (nSPS) is 8.43. The Balaban J connectivity index is 4.41. The summed E-state index contributed by atoms with van der Waals surface area (Å²) in [5, 5.41) is 10.3. The van der Waals surface area contributed by atoms with Gasteiger partial charge in [0.25, 0.3) is 0 Å². The molecule has 0 saturated carbocycles. The van der Waals surface area contributed by atoms with Gasteiger partial charge in [-0.1, -0.05) is 23.2 Å². The number of amides is 1. The molecule has 76 valence electrons. The molecule has 0 aliphatic heterocycles. The van der Waals surface area contributed by atoms with E-state index < -0.39 is 22.1 Å². The molecule has 0 saturated heterocycles. The third kappa shape index (κ3) is 4.12. The zero-order valence-corrected chi connectivity index (χ0v) is 8.65. The van der Waals surface area contributed by atoms with Gasteiger partial charge in [0.1, 0.15) is 10.6 Å². The minimum absolute atomic E-state index is 0.0620.